The summed E-state index contributed by atoms with van der Waals surface area (Å²) in [6.07, 6.45) is 12.2. The Hall–Kier alpha value is -0.830. The van der Waals surface area contributed by atoms with E-state index in [0.29, 0.717) is 6.04 Å². The zero-order valence-electron chi connectivity index (χ0n) is 12.7. The van der Waals surface area contributed by atoms with E-state index in [0.717, 1.165) is 24.8 Å². The molecule has 1 aromatic rings. The molecule has 1 aliphatic rings. The summed E-state index contributed by atoms with van der Waals surface area (Å²) >= 11 is 0. The van der Waals surface area contributed by atoms with Crippen molar-refractivity contribution < 1.29 is 0 Å². The Morgan fingerprint density at radius 1 is 1.47 bits per heavy atom. The van der Waals surface area contributed by atoms with E-state index >= 15 is 0 Å². The Morgan fingerprint density at radius 2 is 2.32 bits per heavy atom. The van der Waals surface area contributed by atoms with Crippen molar-refractivity contribution in [3.8, 4) is 0 Å². The van der Waals surface area contributed by atoms with E-state index in [1.807, 2.05) is 17.9 Å². The van der Waals surface area contributed by atoms with Gasteiger partial charge in [0.25, 0.3) is 0 Å². The van der Waals surface area contributed by atoms with Crippen LogP contribution in [0.15, 0.2) is 12.4 Å². The molecule has 0 saturated heterocycles. The highest BCUT2D eigenvalue weighted by molar-refractivity contribution is 5.04. The molecule has 19 heavy (non-hydrogen) atoms. The predicted octanol–water partition coefficient (Wildman–Crippen LogP) is 3.16. The molecule has 0 radical (unpaired) electrons. The van der Waals surface area contributed by atoms with Gasteiger partial charge in [-0.15, -0.1) is 0 Å². The van der Waals surface area contributed by atoms with Gasteiger partial charge >= 0.3 is 0 Å². The maximum Gasteiger partial charge on any atom is 0.0521 e. The number of hydrogen-bond acceptors (Lipinski definition) is 2. The number of nitrogens with one attached hydrogen (secondary N) is 1. The van der Waals surface area contributed by atoms with Gasteiger partial charge in [0.2, 0.25) is 0 Å². The molecule has 0 amide bonds. The predicted molar refractivity (Wildman–Crippen MR) is 80.1 cm³/mol. The van der Waals surface area contributed by atoms with E-state index in [2.05, 4.69) is 30.5 Å². The molecule has 3 unspecified atom stereocenters. The average Bonchev–Trinajstić information content (AvgIpc) is 2.80. The third-order valence-electron chi connectivity index (χ3n) is 4.51. The summed E-state index contributed by atoms with van der Waals surface area (Å²) in [6.45, 7) is 5.72. The van der Waals surface area contributed by atoms with Crippen LogP contribution in [-0.4, -0.2) is 22.4 Å². The van der Waals surface area contributed by atoms with Gasteiger partial charge in [-0.05, 0) is 49.6 Å². The van der Waals surface area contributed by atoms with Crippen molar-refractivity contribution in [1.82, 2.24) is 15.1 Å². The molecule has 0 aromatic carbocycles. The lowest BCUT2D eigenvalue weighted by atomic mass is 9.77. The van der Waals surface area contributed by atoms with Gasteiger partial charge in [-0.1, -0.05) is 26.7 Å². The Balaban J connectivity index is 1.88. The molecular weight excluding hydrogens is 234 g/mol. The highest BCUT2D eigenvalue weighted by atomic mass is 15.2. The van der Waals surface area contributed by atoms with Crippen LogP contribution in [0, 0.1) is 11.8 Å². The first kappa shape index (κ1) is 14.6. The van der Waals surface area contributed by atoms with E-state index in [1.54, 1.807) is 0 Å². The van der Waals surface area contributed by atoms with Crippen LogP contribution in [0.1, 0.15) is 51.5 Å². The van der Waals surface area contributed by atoms with Crippen molar-refractivity contribution >= 4 is 0 Å². The molecule has 3 heteroatoms. The first-order valence-corrected chi connectivity index (χ1v) is 7.90. The third kappa shape index (κ3) is 4.34. The largest absolute Gasteiger partial charge is 0.314 e. The van der Waals surface area contributed by atoms with Gasteiger partial charge in [0.15, 0.2) is 0 Å². The van der Waals surface area contributed by atoms with Crippen LogP contribution in [0.5, 0.6) is 0 Å². The lowest BCUT2D eigenvalue weighted by Crippen LogP contribution is -2.38. The maximum absolute atomic E-state index is 4.26. The molecule has 0 spiro atoms. The Labute approximate surface area is 117 Å². The molecule has 1 N–H and O–H groups in total. The number of hydrogen-bond donors (Lipinski definition) is 1. The molecule has 3 atom stereocenters. The van der Waals surface area contributed by atoms with Gasteiger partial charge in [-0.2, -0.15) is 5.10 Å². The summed E-state index contributed by atoms with van der Waals surface area (Å²) in [5.41, 5.74) is 1.37. The van der Waals surface area contributed by atoms with Crippen LogP contribution in [0.4, 0.5) is 0 Å². The smallest absolute Gasteiger partial charge is 0.0521 e. The molecular formula is C16H29N3. The molecule has 1 heterocycles. The van der Waals surface area contributed by atoms with Gasteiger partial charge in [0, 0.05) is 19.3 Å². The number of rotatable bonds is 6. The van der Waals surface area contributed by atoms with Crippen molar-refractivity contribution in [2.24, 2.45) is 18.9 Å². The molecule has 0 aliphatic heterocycles. The molecule has 1 fully saturated rings. The van der Waals surface area contributed by atoms with Gasteiger partial charge in [0.05, 0.1) is 6.20 Å². The highest BCUT2D eigenvalue weighted by Crippen LogP contribution is 2.32. The fourth-order valence-corrected chi connectivity index (χ4v) is 3.54. The van der Waals surface area contributed by atoms with E-state index in [4.69, 9.17) is 0 Å². The zero-order valence-corrected chi connectivity index (χ0v) is 12.7. The fourth-order valence-electron chi connectivity index (χ4n) is 3.54. The maximum atomic E-state index is 4.26. The number of nitrogens with zero attached hydrogens (tertiary/aromatic N) is 2. The zero-order chi connectivity index (χ0) is 13.7. The Bertz CT molecular complexity index is 372. The van der Waals surface area contributed by atoms with Gasteiger partial charge < -0.3 is 5.32 Å². The van der Waals surface area contributed by atoms with Crippen LogP contribution >= 0.6 is 0 Å². The summed E-state index contributed by atoms with van der Waals surface area (Å²) in [5.74, 6) is 1.79. The van der Waals surface area contributed by atoms with E-state index in [-0.39, 0.29) is 0 Å². The van der Waals surface area contributed by atoms with Crippen molar-refractivity contribution in [3.63, 3.8) is 0 Å². The minimum absolute atomic E-state index is 0.688. The van der Waals surface area contributed by atoms with Crippen molar-refractivity contribution in [3.05, 3.63) is 18.0 Å². The molecule has 1 aromatic heterocycles. The Morgan fingerprint density at radius 3 is 2.95 bits per heavy atom. The molecule has 2 rings (SSSR count). The summed E-state index contributed by atoms with van der Waals surface area (Å²) < 4.78 is 1.90. The molecule has 3 nitrogen and oxygen atoms in total. The highest BCUT2D eigenvalue weighted by Gasteiger charge is 2.25. The standard InChI is InChI=1S/C16H29N3/c1-4-17-16(15-7-5-6-13(2)10-15)9-8-14-11-18-19(3)12-14/h11-13,15-17H,4-10H2,1-3H3. The number of aryl methyl sites for hydroxylation is 2. The summed E-state index contributed by atoms with van der Waals surface area (Å²) in [5, 5.41) is 7.98. The molecule has 1 aliphatic carbocycles. The van der Waals surface area contributed by atoms with E-state index in [1.165, 1.54) is 37.7 Å². The lowest BCUT2D eigenvalue weighted by molar-refractivity contribution is 0.216. The second kappa shape index (κ2) is 7.09. The van der Waals surface area contributed by atoms with Crippen LogP contribution in [-0.2, 0) is 13.5 Å². The first-order valence-electron chi connectivity index (χ1n) is 7.90. The van der Waals surface area contributed by atoms with Crippen LogP contribution in [0.2, 0.25) is 0 Å². The van der Waals surface area contributed by atoms with E-state index < -0.39 is 0 Å². The van der Waals surface area contributed by atoms with Crippen molar-refractivity contribution in [2.45, 2.75) is 58.4 Å². The normalized spacial score (nSPS) is 25.4. The van der Waals surface area contributed by atoms with Crippen LogP contribution in [0.25, 0.3) is 0 Å². The third-order valence-corrected chi connectivity index (χ3v) is 4.51. The fraction of sp³-hybridized carbons (Fsp3) is 0.812. The minimum Gasteiger partial charge on any atom is -0.314 e. The first-order chi connectivity index (χ1) is 9.19. The average molecular weight is 263 g/mol. The molecule has 0 bridgehead atoms. The Kier molecular flexibility index (Phi) is 5.44. The van der Waals surface area contributed by atoms with Crippen molar-refractivity contribution in [2.75, 3.05) is 6.54 Å². The monoisotopic (exact) mass is 263 g/mol. The van der Waals surface area contributed by atoms with Crippen LogP contribution < -0.4 is 5.32 Å². The topological polar surface area (TPSA) is 29.9 Å². The number of aromatic nitrogens is 2. The molecule has 1 saturated carbocycles. The quantitative estimate of drug-likeness (QED) is 0.854. The van der Waals surface area contributed by atoms with Crippen LogP contribution in [0.3, 0.4) is 0 Å². The minimum atomic E-state index is 0.688. The summed E-state index contributed by atoms with van der Waals surface area (Å²) in [4.78, 5) is 0. The lowest BCUT2D eigenvalue weighted by Gasteiger charge is -2.34. The van der Waals surface area contributed by atoms with Crippen molar-refractivity contribution in [1.29, 1.82) is 0 Å². The van der Waals surface area contributed by atoms with Gasteiger partial charge in [-0.25, -0.2) is 0 Å². The summed E-state index contributed by atoms with van der Waals surface area (Å²) in [6, 6.07) is 0.688. The summed E-state index contributed by atoms with van der Waals surface area (Å²) in [7, 11) is 1.99. The SMILES string of the molecule is CCNC(CCc1cnn(C)c1)C1CCCC(C)C1. The molecule has 108 valence electrons. The van der Waals surface area contributed by atoms with E-state index in [9.17, 15) is 0 Å². The van der Waals surface area contributed by atoms with Gasteiger partial charge in [-0.3, -0.25) is 4.68 Å². The second-order valence-corrected chi connectivity index (χ2v) is 6.26. The van der Waals surface area contributed by atoms with Gasteiger partial charge in [0.1, 0.15) is 0 Å². The second-order valence-electron chi connectivity index (χ2n) is 6.26.